The Hall–Kier alpha value is -3.21. The summed E-state index contributed by atoms with van der Waals surface area (Å²) in [5.41, 5.74) is 1.58. The van der Waals surface area contributed by atoms with Crippen LogP contribution in [0.3, 0.4) is 0 Å². The summed E-state index contributed by atoms with van der Waals surface area (Å²) in [6, 6.07) is 11.1. The lowest BCUT2D eigenvalue weighted by Crippen LogP contribution is -2.40. The normalized spacial score (nSPS) is 16.3. The second kappa shape index (κ2) is 8.62. The molecule has 1 aromatic heterocycles. The predicted molar refractivity (Wildman–Crippen MR) is 107 cm³/mol. The second-order valence-corrected chi connectivity index (χ2v) is 8.14. The third-order valence-electron chi connectivity index (χ3n) is 4.99. The summed E-state index contributed by atoms with van der Waals surface area (Å²) >= 11 is 1.52. The molecule has 4 rings (SSSR count). The van der Waals surface area contributed by atoms with Crippen LogP contribution in [0.1, 0.15) is 32.4 Å². The van der Waals surface area contributed by atoms with Gasteiger partial charge in [0.2, 0.25) is 0 Å². The molecule has 1 aliphatic heterocycles. The molecule has 33 heavy (non-hydrogen) atoms. The van der Waals surface area contributed by atoms with Gasteiger partial charge >= 0.3 is 12.7 Å². The van der Waals surface area contributed by atoms with E-state index in [1.807, 2.05) is 11.4 Å². The van der Waals surface area contributed by atoms with Crippen LogP contribution >= 0.6 is 11.3 Å². The third kappa shape index (κ3) is 5.41. The summed E-state index contributed by atoms with van der Waals surface area (Å²) in [7, 11) is 0. The van der Waals surface area contributed by atoms with E-state index in [2.05, 4.69) is 9.47 Å². The van der Waals surface area contributed by atoms with Crippen LogP contribution in [0.25, 0.3) is 0 Å². The zero-order valence-corrected chi connectivity index (χ0v) is 17.4. The van der Waals surface area contributed by atoms with Crippen molar-refractivity contribution in [1.82, 2.24) is 4.90 Å². The first-order chi connectivity index (χ1) is 15.5. The smallest absolute Gasteiger partial charge is 0.406 e. The van der Waals surface area contributed by atoms with Crippen LogP contribution in [-0.4, -0.2) is 30.1 Å². The Bertz CT molecular complexity index is 1120. The van der Waals surface area contributed by atoms with Crippen molar-refractivity contribution in [3.8, 4) is 11.5 Å². The van der Waals surface area contributed by atoms with Gasteiger partial charge in [0.05, 0.1) is 6.04 Å². The monoisotopic (exact) mass is 487 g/mol. The van der Waals surface area contributed by atoms with Crippen molar-refractivity contribution < 1.29 is 40.6 Å². The number of alkyl halides is 6. The van der Waals surface area contributed by atoms with Gasteiger partial charge in [-0.1, -0.05) is 12.1 Å². The topological polar surface area (TPSA) is 38.8 Å². The molecule has 1 amide bonds. The van der Waals surface area contributed by atoms with Gasteiger partial charge in [0, 0.05) is 17.0 Å². The van der Waals surface area contributed by atoms with Crippen LogP contribution in [0.4, 0.5) is 26.3 Å². The number of thiophene rings is 1. The maximum absolute atomic E-state index is 13.3. The van der Waals surface area contributed by atoms with Crippen LogP contribution in [0.2, 0.25) is 0 Å². The van der Waals surface area contributed by atoms with Crippen LogP contribution in [0, 0.1) is 0 Å². The number of fused-ring (bicyclic) bond motifs is 1. The first-order valence-electron chi connectivity index (χ1n) is 9.59. The van der Waals surface area contributed by atoms with E-state index in [4.69, 9.17) is 0 Å². The maximum Gasteiger partial charge on any atom is 0.573 e. The molecule has 0 bridgehead atoms. The maximum atomic E-state index is 13.3. The molecule has 0 saturated carbocycles. The van der Waals surface area contributed by atoms with Crippen LogP contribution in [0.5, 0.6) is 11.5 Å². The summed E-state index contributed by atoms with van der Waals surface area (Å²) in [5.74, 6) is -1.26. The highest BCUT2D eigenvalue weighted by atomic mass is 32.1. The lowest BCUT2D eigenvalue weighted by Gasteiger charge is -2.36. The van der Waals surface area contributed by atoms with E-state index in [0.717, 1.165) is 22.6 Å². The highest BCUT2D eigenvalue weighted by Gasteiger charge is 2.35. The first-order valence-corrected chi connectivity index (χ1v) is 10.5. The molecule has 0 spiro atoms. The Morgan fingerprint density at radius 1 is 0.848 bits per heavy atom. The highest BCUT2D eigenvalue weighted by molar-refractivity contribution is 7.10. The first kappa shape index (κ1) is 23.0. The van der Waals surface area contributed by atoms with Crippen LogP contribution in [0.15, 0.2) is 60.0 Å². The summed E-state index contributed by atoms with van der Waals surface area (Å²) in [6.07, 6.45) is -9.09. The average molecular weight is 487 g/mol. The number of hydrogen-bond acceptors (Lipinski definition) is 4. The standard InChI is InChI=1S/C22H15F6NO3S/c23-21(24,25)31-15-5-1-13(2-6-15)19-17-10-12-33-18(17)9-11-29(19)20(30)14-3-7-16(8-4-14)32-22(26,27)28/h1-8,10,12,19H,9,11H2. The molecule has 1 atom stereocenters. The van der Waals surface area contributed by atoms with Gasteiger partial charge in [-0.15, -0.1) is 37.7 Å². The molecular formula is C22H15F6NO3S. The van der Waals surface area contributed by atoms with Gasteiger partial charge in [-0.05, 0) is 65.4 Å². The predicted octanol–water partition coefficient (Wildman–Crippen LogP) is 6.33. The highest BCUT2D eigenvalue weighted by Crippen LogP contribution is 2.39. The number of hydrogen-bond donors (Lipinski definition) is 0. The van der Waals surface area contributed by atoms with Gasteiger partial charge in [0.15, 0.2) is 0 Å². The molecule has 3 aromatic rings. The van der Waals surface area contributed by atoms with E-state index in [1.165, 1.54) is 47.7 Å². The largest absolute Gasteiger partial charge is 0.573 e. The van der Waals surface area contributed by atoms with Gasteiger partial charge in [-0.25, -0.2) is 0 Å². The van der Waals surface area contributed by atoms with Crippen molar-refractivity contribution in [2.24, 2.45) is 0 Å². The number of halogens is 6. The summed E-state index contributed by atoms with van der Waals surface area (Å²) in [5, 5.41) is 1.87. The Morgan fingerprint density at radius 3 is 1.94 bits per heavy atom. The molecule has 0 aliphatic carbocycles. The minimum atomic E-state index is -4.85. The Balaban J connectivity index is 1.62. The third-order valence-corrected chi connectivity index (χ3v) is 5.99. The number of rotatable bonds is 4. The van der Waals surface area contributed by atoms with E-state index < -0.39 is 30.4 Å². The molecule has 0 saturated heterocycles. The molecule has 174 valence electrons. The number of carbonyl (C=O) groups excluding carboxylic acids is 1. The molecule has 0 radical (unpaired) electrons. The molecule has 0 N–H and O–H groups in total. The quantitative estimate of drug-likeness (QED) is 0.404. The van der Waals surface area contributed by atoms with E-state index >= 15 is 0 Å². The van der Waals surface area contributed by atoms with Crippen molar-refractivity contribution in [2.75, 3.05) is 6.54 Å². The van der Waals surface area contributed by atoms with Crippen LogP contribution in [-0.2, 0) is 6.42 Å². The SMILES string of the molecule is O=C(c1ccc(OC(F)(F)F)cc1)N1CCc2sccc2C1c1ccc(OC(F)(F)F)cc1. The molecule has 2 heterocycles. The average Bonchev–Trinajstić information content (AvgIpc) is 3.20. The molecule has 1 unspecified atom stereocenters. The molecule has 0 fully saturated rings. The number of nitrogens with zero attached hydrogens (tertiary/aromatic N) is 1. The van der Waals surface area contributed by atoms with E-state index in [1.54, 1.807) is 4.90 Å². The molecule has 11 heteroatoms. The fourth-order valence-electron chi connectivity index (χ4n) is 3.71. The molecular weight excluding hydrogens is 472 g/mol. The number of amides is 1. The fourth-order valence-corrected chi connectivity index (χ4v) is 4.62. The fraction of sp³-hybridized carbons (Fsp3) is 0.227. The number of ether oxygens (including phenoxy) is 2. The van der Waals surface area contributed by atoms with E-state index in [0.29, 0.717) is 18.5 Å². The van der Waals surface area contributed by atoms with Crippen molar-refractivity contribution >= 4 is 17.2 Å². The van der Waals surface area contributed by atoms with Crippen molar-refractivity contribution in [3.05, 3.63) is 81.5 Å². The lowest BCUT2D eigenvalue weighted by atomic mass is 9.92. The minimum Gasteiger partial charge on any atom is -0.406 e. The van der Waals surface area contributed by atoms with Crippen molar-refractivity contribution in [1.29, 1.82) is 0 Å². The summed E-state index contributed by atoms with van der Waals surface area (Å²) < 4.78 is 82.4. The molecule has 2 aromatic carbocycles. The summed E-state index contributed by atoms with van der Waals surface area (Å²) in [4.78, 5) is 15.9. The van der Waals surface area contributed by atoms with Gasteiger partial charge in [0.25, 0.3) is 5.91 Å². The Labute approximate surface area is 188 Å². The van der Waals surface area contributed by atoms with Gasteiger partial charge in [-0.3, -0.25) is 4.79 Å². The van der Waals surface area contributed by atoms with Gasteiger partial charge < -0.3 is 14.4 Å². The second-order valence-electron chi connectivity index (χ2n) is 7.14. The van der Waals surface area contributed by atoms with Crippen LogP contribution < -0.4 is 9.47 Å². The molecule has 4 nitrogen and oxygen atoms in total. The Morgan fingerprint density at radius 2 is 1.39 bits per heavy atom. The number of carbonyl (C=O) groups is 1. The van der Waals surface area contributed by atoms with Crippen molar-refractivity contribution in [3.63, 3.8) is 0 Å². The zero-order chi connectivity index (χ0) is 23.8. The van der Waals surface area contributed by atoms with E-state index in [-0.39, 0.29) is 11.3 Å². The van der Waals surface area contributed by atoms with Crippen molar-refractivity contribution in [2.45, 2.75) is 25.2 Å². The molecule has 1 aliphatic rings. The Kier molecular flexibility index (Phi) is 6.00. The minimum absolute atomic E-state index is 0.158. The summed E-state index contributed by atoms with van der Waals surface area (Å²) in [6.45, 7) is 0.332. The van der Waals surface area contributed by atoms with Gasteiger partial charge in [-0.2, -0.15) is 0 Å². The van der Waals surface area contributed by atoms with E-state index in [9.17, 15) is 31.1 Å². The number of benzene rings is 2. The zero-order valence-electron chi connectivity index (χ0n) is 16.6. The van der Waals surface area contributed by atoms with Gasteiger partial charge in [0.1, 0.15) is 11.5 Å². The lowest BCUT2D eigenvalue weighted by molar-refractivity contribution is -0.275.